The van der Waals surface area contributed by atoms with Crippen LogP contribution in [0.3, 0.4) is 0 Å². The fourth-order valence-electron chi connectivity index (χ4n) is 2.11. The molecule has 0 radical (unpaired) electrons. The number of aromatic nitrogens is 2. The molecule has 5 heteroatoms. The molecule has 3 aromatic rings. The molecule has 1 aromatic heterocycles. The van der Waals surface area contributed by atoms with Crippen molar-refractivity contribution in [1.29, 1.82) is 0 Å². The Morgan fingerprint density at radius 2 is 1.90 bits per heavy atom. The highest BCUT2D eigenvalue weighted by Crippen LogP contribution is 2.32. The second-order valence-electron chi connectivity index (χ2n) is 4.54. The quantitative estimate of drug-likeness (QED) is 0.772. The zero-order valence-electron chi connectivity index (χ0n) is 11.3. The minimum absolute atomic E-state index is 0.133. The van der Waals surface area contributed by atoms with Gasteiger partial charge in [0.05, 0.1) is 19.0 Å². The third kappa shape index (κ3) is 2.58. The summed E-state index contributed by atoms with van der Waals surface area (Å²) in [5, 5.41) is 9.48. The largest absolute Gasteiger partial charge is 0.508 e. The van der Waals surface area contributed by atoms with Crippen molar-refractivity contribution in [3.63, 3.8) is 0 Å². The van der Waals surface area contributed by atoms with Crippen LogP contribution in [0.4, 0.5) is 4.39 Å². The molecule has 2 N–H and O–H groups in total. The Labute approximate surface area is 120 Å². The monoisotopic (exact) mass is 284 g/mol. The van der Waals surface area contributed by atoms with E-state index >= 15 is 0 Å². The summed E-state index contributed by atoms with van der Waals surface area (Å²) in [6, 6.07) is 11.0. The number of benzene rings is 2. The van der Waals surface area contributed by atoms with Crippen molar-refractivity contribution in [3.05, 3.63) is 54.5 Å². The lowest BCUT2D eigenvalue weighted by Crippen LogP contribution is -1.88. The Balaban J connectivity index is 2.00. The number of aromatic hydroxyl groups is 1. The molecule has 0 bridgehead atoms. The topological polar surface area (TPSA) is 58.1 Å². The van der Waals surface area contributed by atoms with Crippen LogP contribution in [0.25, 0.3) is 22.6 Å². The lowest BCUT2D eigenvalue weighted by Gasteiger charge is -2.06. The summed E-state index contributed by atoms with van der Waals surface area (Å²) in [4.78, 5) is 7.46. The van der Waals surface area contributed by atoms with Crippen molar-refractivity contribution in [3.8, 4) is 34.1 Å². The van der Waals surface area contributed by atoms with Gasteiger partial charge >= 0.3 is 0 Å². The number of imidazole rings is 1. The molecule has 0 fully saturated rings. The van der Waals surface area contributed by atoms with E-state index in [4.69, 9.17) is 4.74 Å². The van der Waals surface area contributed by atoms with Crippen LogP contribution in [-0.2, 0) is 0 Å². The van der Waals surface area contributed by atoms with Gasteiger partial charge in [-0.05, 0) is 36.4 Å². The first-order valence-electron chi connectivity index (χ1n) is 6.35. The number of hydrogen-bond donors (Lipinski definition) is 2. The van der Waals surface area contributed by atoms with Gasteiger partial charge in [0.2, 0.25) is 0 Å². The molecule has 106 valence electrons. The van der Waals surface area contributed by atoms with Crippen LogP contribution < -0.4 is 4.74 Å². The maximum atomic E-state index is 12.9. The van der Waals surface area contributed by atoms with Gasteiger partial charge in [-0.2, -0.15) is 0 Å². The molecule has 0 aliphatic rings. The molecule has 0 atom stereocenters. The molecule has 0 aliphatic heterocycles. The Morgan fingerprint density at radius 3 is 2.62 bits per heavy atom. The van der Waals surface area contributed by atoms with E-state index in [1.54, 1.807) is 30.5 Å². The van der Waals surface area contributed by atoms with Crippen LogP contribution in [-0.4, -0.2) is 22.2 Å². The fraction of sp³-hybridized carbons (Fsp3) is 0.0625. The van der Waals surface area contributed by atoms with E-state index < -0.39 is 0 Å². The van der Waals surface area contributed by atoms with Crippen molar-refractivity contribution in [2.75, 3.05) is 7.11 Å². The SMILES string of the molecule is COc1cc(O)ccc1-c1cnc(-c2ccc(F)cc2)[nH]1. The summed E-state index contributed by atoms with van der Waals surface area (Å²) in [5.74, 6) is 1.03. The third-order valence-corrected chi connectivity index (χ3v) is 3.17. The number of hydrogen-bond acceptors (Lipinski definition) is 3. The molecule has 0 amide bonds. The molecule has 0 spiro atoms. The van der Waals surface area contributed by atoms with Crippen molar-refractivity contribution >= 4 is 0 Å². The number of H-pyrrole nitrogens is 1. The number of nitrogens with zero attached hydrogens (tertiary/aromatic N) is 1. The van der Waals surface area contributed by atoms with Crippen LogP contribution in [0.5, 0.6) is 11.5 Å². The number of methoxy groups -OCH3 is 1. The van der Waals surface area contributed by atoms with Crippen LogP contribution in [0, 0.1) is 5.82 Å². The van der Waals surface area contributed by atoms with Crippen molar-refractivity contribution in [1.82, 2.24) is 9.97 Å². The van der Waals surface area contributed by atoms with Crippen LogP contribution in [0.15, 0.2) is 48.7 Å². The smallest absolute Gasteiger partial charge is 0.137 e. The number of halogens is 1. The summed E-state index contributed by atoms with van der Waals surface area (Å²) >= 11 is 0. The number of rotatable bonds is 3. The minimum Gasteiger partial charge on any atom is -0.508 e. The zero-order chi connectivity index (χ0) is 14.8. The van der Waals surface area contributed by atoms with E-state index in [2.05, 4.69) is 9.97 Å². The van der Waals surface area contributed by atoms with Gasteiger partial charge in [0.15, 0.2) is 0 Å². The number of ether oxygens (including phenoxy) is 1. The molecule has 3 rings (SSSR count). The van der Waals surface area contributed by atoms with E-state index in [0.717, 1.165) is 16.8 Å². The van der Waals surface area contributed by atoms with Gasteiger partial charge < -0.3 is 14.8 Å². The predicted molar refractivity (Wildman–Crippen MR) is 77.6 cm³/mol. The Bertz CT molecular complexity index is 766. The van der Waals surface area contributed by atoms with Gasteiger partial charge in [0, 0.05) is 17.2 Å². The van der Waals surface area contributed by atoms with E-state index in [0.29, 0.717) is 11.6 Å². The average molecular weight is 284 g/mol. The molecule has 21 heavy (non-hydrogen) atoms. The van der Waals surface area contributed by atoms with Crippen molar-refractivity contribution < 1.29 is 14.2 Å². The number of aromatic amines is 1. The van der Waals surface area contributed by atoms with E-state index in [-0.39, 0.29) is 11.6 Å². The van der Waals surface area contributed by atoms with E-state index in [1.165, 1.54) is 25.3 Å². The number of nitrogens with one attached hydrogen (secondary N) is 1. The first-order chi connectivity index (χ1) is 10.2. The van der Waals surface area contributed by atoms with Gasteiger partial charge in [-0.15, -0.1) is 0 Å². The highest BCUT2D eigenvalue weighted by molar-refractivity contribution is 5.70. The van der Waals surface area contributed by atoms with E-state index in [9.17, 15) is 9.50 Å². The maximum absolute atomic E-state index is 12.9. The molecular formula is C16H13FN2O2. The van der Waals surface area contributed by atoms with Crippen LogP contribution >= 0.6 is 0 Å². The van der Waals surface area contributed by atoms with Crippen molar-refractivity contribution in [2.24, 2.45) is 0 Å². The predicted octanol–water partition coefficient (Wildman–Crippen LogP) is 3.60. The zero-order valence-corrected chi connectivity index (χ0v) is 11.3. The minimum atomic E-state index is -0.286. The second kappa shape index (κ2) is 5.28. The summed E-state index contributed by atoms with van der Waals surface area (Å²) < 4.78 is 18.2. The first kappa shape index (κ1) is 13.2. The second-order valence-corrected chi connectivity index (χ2v) is 4.54. The van der Waals surface area contributed by atoms with Crippen LogP contribution in [0.2, 0.25) is 0 Å². The molecule has 0 saturated carbocycles. The lowest BCUT2D eigenvalue weighted by atomic mass is 10.1. The van der Waals surface area contributed by atoms with Crippen LogP contribution in [0.1, 0.15) is 0 Å². The summed E-state index contributed by atoms with van der Waals surface area (Å²) in [5.41, 5.74) is 2.34. The maximum Gasteiger partial charge on any atom is 0.137 e. The molecule has 0 aliphatic carbocycles. The normalized spacial score (nSPS) is 10.6. The molecule has 1 heterocycles. The molecule has 2 aromatic carbocycles. The summed E-state index contributed by atoms with van der Waals surface area (Å²) in [6.07, 6.45) is 1.67. The molecule has 4 nitrogen and oxygen atoms in total. The summed E-state index contributed by atoms with van der Waals surface area (Å²) in [6.45, 7) is 0. The van der Waals surface area contributed by atoms with Gasteiger partial charge in [-0.3, -0.25) is 0 Å². The number of phenols is 1. The number of phenolic OH excluding ortho intramolecular Hbond substituents is 1. The first-order valence-corrected chi connectivity index (χ1v) is 6.35. The van der Waals surface area contributed by atoms with E-state index in [1.807, 2.05) is 0 Å². The molecule has 0 unspecified atom stereocenters. The Morgan fingerprint density at radius 1 is 1.14 bits per heavy atom. The van der Waals surface area contributed by atoms with Gasteiger partial charge in [0.25, 0.3) is 0 Å². The fourth-order valence-corrected chi connectivity index (χ4v) is 2.11. The average Bonchev–Trinajstić information content (AvgIpc) is 2.97. The molecular weight excluding hydrogens is 271 g/mol. The third-order valence-electron chi connectivity index (χ3n) is 3.17. The highest BCUT2D eigenvalue weighted by Gasteiger charge is 2.10. The van der Waals surface area contributed by atoms with Gasteiger partial charge in [-0.25, -0.2) is 9.37 Å². The molecule has 0 saturated heterocycles. The summed E-state index contributed by atoms with van der Waals surface area (Å²) in [7, 11) is 1.54. The lowest BCUT2D eigenvalue weighted by molar-refractivity contribution is 0.409. The van der Waals surface area contributed by atoms with Crippen molar-refractivity contribution in [2.45, 2.75) is 0 Å². The standard InChI is InChI=1S/C16H13FN2O2/c1-21-15-8-12(20)6-7-13(15)14-9-18-16(19-14)10-2-4-11(17)5-3-10/h2-9,20H,1H3,(H,18,19). The highest BCUT2D eigenvalue weighted by atomic mass is 19.1. The van der Waals surface area contributed by atoms with Gasteiger partial charge in [-0.1, -0.05) is 0 Å². The van der Waals surface area contributed by atoms with Gasteiger partial charge in [0.1, 0.15) is 23.1 Å². The Kier molecular flexibility index (Phi) is 3.31. The Hall–Kier alpha value is -2.82.